The number of benzene rings is 3. The van der Waals surface area contributed by atoms with E-state index in [1.54, 1.807) is 0 Å². The molecule has 37 heavy (non-hydrogen) atoms. The van der Waals surface area contributed by atoms with Crippen LogP contribution in [0.4, 0.5) is 5.69 Å². The number of carbonyl (C=O) groups is 1. The van der Waals surface area contributed by atoms with Crippen LogP contribution < -0.4 is 20.8 Å². The molecule has 3 aromatic carbocycles. The number of rotatable bonds is 6. The zero-order chi connectivity index (χ0) is 26.2. The third-order valence-electron chi connectivity index (χ3n) is 7.61. The van der Waals surface area contributed by atoms with Crippen LogP contribution in [0.1, 0.15) is 38.7 Å². The highest BCUT2D eigenvalue weighted by atomic mass is 28.4. The van der Waals surface area contributed by atoms with Gasteiger partial charge in [0.25, 0.3) is 8.32 Å². The van der Waals surface area contributed by atoms with Crippen molar-refractivity contribution in [1.82, 2.24) is 0 Å². The molecule has 2 heterocycles. The van der Waals surface area contributed by atoms with Gasteiger partial charge in [-0.15, -0.1) is 0 Å². The van der Waals surface area contributed by atoms with E-state index in [4.69, 9.17) is 24.4 Å². The van der Waals surface area contributed by atoms with Crippen molar-refractivity contribution < 1.29 is 23.4 Å². The van der Waals surface area contributed by atoms with Gasteiger partial charge in [0.1, 0.15) is 18.0 Å². The first kappa shape index (κ1) is 25.5. The lowest BCUT2D eigenvalue weighted by atomic mass is 9.85. The van der Waals surface area contributed by atoms with Gasteiger partial charge in [0, 0.05) is 17.2 Å². The van der Waals surface area contributed by atoms with Crippen LogP contribution in [0, 0.1) is 0 Å². The predicted molar refractivity (Wildman–Crippen MR) is 147 cm³/mol. The van der Waals surface area contributed by atoms with Crippen LogP contribution in [0.25, 0.3) is 0 Å². The Morgan fingerprint density at radius 2 is 1.62 bits per heavy atom. The second kappa shape index (κ2) is 9.97. The second-order valence-corrected chi connectivity index (χ2v) is 15.2. The molecule has 0 radical (unpaired) electrons. The molecular weight excluding hydrogens is 482 g/mol. The van der Waals surface area contributed by atoms with E-state index in [9.17, 15) is 4.79 Å². The van der Waals surface area contributed by atoms with E-state index >= 15 is 0 Å². The number of hydrogen-bond donors (Lipinski definition) is 1. The van der Waals surface area contributed by atoms with Gasteiger partial charge in [-0.1, -0.05) is 81.4 Å². The van der Waals surface area contributed by atoms with Gasteiger partial charge in [0.2, 0.25) is 0 Å². The maximum absolute atomic E-state index is 12.6. The molecule has 1 saturated heterocycles. The molecule has 0 bridgehead atoms. The quantitative estimate of drug-likeness (QED) is 0.302. The Morgan fingerprint density at radius 1 is 1.00 bits per heavy atom. The van der Waals surface area contributed by atoms with E-state index in [2.05, 4.69) is 69.3 Å². The highest BCUT2D eigenvalue weighted by Crippen LogP contribution is 2.47. The van der Waals surface area contributed by atoms with E-state index in [1.807, 2.05) is 30.3 Å². The van der Waals surface area contributed by atoms with E-state index in [0.717, 1.165) is 11.3 Å². The fourth-order valence-corrected chi connectivity index (χ4v) is 10.5. The highest BCUT2D eigenvalue weighted by Gasteiger charge is 2.53. The largest absolute Gasteiger partial charge is 0.487 e. The summed E-state index contributed by atoms with van der Waals surface area (Å²) in [4.78, 5) is 12.6. The molecular formula is C30H35NO5Si. The smallest absolute Gasteiger partial charge is 0.335 e. The van der Waals surface area contributed by atoms with Gasteiger partial charge in [-0.05, 0) is 40.0 Å². The topological polar surface area (TPSA) is 80.0 Å². The van der Waals surface area contributed by atoms with Crippen molar-refractivity contribution in [3.63, 3.8) is 0 Å². The van der Waals surface area contributed by atoms with Crippen molar-refractivity contribution in [2.75, 3.05) is 19.5 Å². The monoisotopic (exact) mass is 517 g/mol. The van der Waals surface area contributed by atoms with Crippen molar-refractivity contribution in [1.29, 1.82) is 0 Å². The van der Waals surface area contributed by atoms with Crippen LogP contribution in [0.5, 0.6) is 5.75 Å². The molecule has 6 nitrogen and oxygen atoms in total. The minimum atomic E-state index is -2.80. The van der Waals surface area contributed by atoms with Gasteiger partial charge in [0.15, 0.2) is 6.10 Å². The number of hydrogen-bond acceptors (Lipinski definition) is 6. The molecule has 0 aromatic heterocycles. The first-order valence-electron chi connectivity index (χ1n) is 12.8. The van der Waals surface area contributed by atoms with Crippen LogP contribution in [-0.4, -0.2) is 46.3 Å². The standard InChI is InChI=1S/C30H35NO5Si/c1-30(2,3)37(21-11-7-5-8-12-21,22-13-9-6-10-14-22)34-19-27-28-24(18-26(35-27)29(32)33-4)23-17-20(31)15-16-25(23)36-28/h5-17,24,26-28H,18-19,31H2,1-4H3/t24-,26+,27+,28+/m0/s1. The van der Waals surface area contributed by atoms with Gasteiger partial charge in [-0.25, -0.2) is 4.79 Å². The zero-order valence-corrected chi connectivity index (χ0v) is 22.8. The summed E-state index contributed by atoms with van der Waals surface area (Å²) in [7, 11) is -1.40. The van der Waals surface area contributed by atoms with Gasteiger partial charge in [0.05, 0.1) is 13.7 Å². The summed E-state index contributed by atoms with van der Waals surface area (Å²) in [6, 6.07) is 26.7. The van der Waals surface area contributed by atoms with Crippen LogP contribution >= 0.6 is 0 Å². The van der Waals surface area contributed by atoms with E-state index in [-0.39, 0.29) is 29.6 Å². The van der Waals surface area contributed by atoms with Crippen LogP contribution in [0.2, 0.25) is 5.04 Å². The molecule has 1 fully saturated rings. The lowest BCUT2D eigenvalue weighted by Gasteiger charge is -2.45. The lowest BCUT2D eigenvalue weighted by Crippen LogP contribution is -2.67. The number of ether oxygens (including phenoxy) is 3. The number of carbonyl (C=O) groups excluding carboxylic acids is 1. The molecule has 2 aliphatic rings. The number of methoxy groups -OCH3 is 1. The minimum absolute atomic E-state index is 0.0379. The second-order valence-electron chi connectivity index (χ2n) is 10.9. The summed E-state index contributed by atoms with van der Waals surface area (Å²) >= 11 is 0. The van der Waals surface area contributed by atoms with E-state index < -0.39 is 20.5 Å². The molecule has 4 atom stereocenters. The Balaban J connectivity index is 1.53. The van der Waals surface area contributed by atoms with Crippen LogP contribution in [0.3, 0.4) is 0 Å². The van der Waals surface area contributed by atoms with Crippen molar-refractivity contribution in [3.05, 3.63) is 84.4 Å². The number of anilines is 1. The third kappa shape index (κ3) is 4.56. The maximum atomic E-state index is 12.6. The molecule has 0 saturated carbocycles. The molecule has 0 spiro atoms. The minimum Gasteiger partial charge on any atom is -0.487 e. The molecule has 2 N–H and O–H groups in total. The fourth-order valence-electron chi connectivity index (χ4n) is 5.93. The average Bonchev–Trinajstić information content (AvgIpc) is 3.27. The highest BCUT2D eigenvalue weighted by molar-refractivity contribution is 6.99. The normalized spacial score (nSPS) is 23.0. The lowest BCUT2D eigenvalue weighted by molar-refractivity contribution is -0.174. The number of nitrogen functional groups attached to an aromatic ring is 1. The molecule has 194 valence electrons. The Kier molecular flexibility index (Phi) is 6.87. The van der Waals surface area contributed by atoms with Gasteiger partial charge in [-0.3, -0.25) is 0 Å². The molecule has 2 aliphatic heterocycles. The van der Waals surface area contributed by atoms with Gasteiger partial charge >= 0.3 is 5.97 Å². The molecule has 5 rings (SSSR count). The van der Waals surface area contributed by atoms with Crippen molar-refractivity contribution in [3.8, 4) is 5.75 Å². The first-order chi connectivity index (χ1) is 17.7. The Bertz CT molecular complexity index is 1200. The number of fused-ring (bicyclic) bond motifs is 3. The van der Waals surface area contributed by atoms with E-state index in [1.165, 1.54) is 17.5 Å². The zero-order valence-electron chi connectivity index (χ0n) is 21.8. The Labute approximate surface area is 219 Å². The molecule has 0 aliphatic carbocycles. The summed E-state index contributed by atoms with van der Waals surface area (Å²) < 4.78 is 25.0. The molecule has 0 amide bonds. The number of nitrogens with two attached hydrogens (primary N) is 1. The Hall–Kier alpha value is -3.13. The van der Waals surface area contributed by atoms with Crippen molar-refractivity contribution in [2.24, 2.45) is 0 Å². The maximum Gasteiger partial charge on any atom is 0.335 e. The summed E-state index contributed by atoms with van der Waals surface area (Å²) in [5, 5.41) is 2.20. The molecule has 7 heteroatoms. The van der Waals surface area contributed by atoms with E-state index in [0.29, 0.717) is 12.1 Å². The fraction of sp³-hybridized carbons (Fsp3) is 0.367. The summed E-state index contributed by atoms with van der Waals surface area (Å²) in [5.41, 5.74) is 7.79. The van der Waals surface area contributed by atoms with Crippen LogP contribution in [-0.2, 0) is 18.7 Å². The Morgan fingerprint density at radius 3 is 2.19 bits per heavy atom. The molecule has 0 unspecified atom stereocenters. The first-order valence-corrected chi connectivity index (χ1v) is 14.7. The summed E-state index contributed by atoms with van der Waals surface area (Å²) in [6.07, 6.45) is -0.965. The SMILES string of the molecule is COC(=O)[C@H]1C[C@H]2c3cc(N)ccc3O[C@H]2[C@@H](CO[Si](c2ccccc2)(c2ccccc2)C(C)(C)C)O1. The molecule has 3 aromatic rings. The third-order valence-corrected chi connectivity index (χ3v) is 12.6. The predicted octanol–water partition coefficient (Wildman–Crippen LogP) is 4.02. The van der Waals surface area contributed by atoms with Gasteiger partial charge < -0.3 is 24.4 Å². The average molecular weight is 518 g/mol. The summed E-state index contributed by atoms with van der Waals surface area (Å²) in [5.74, 6) is 0.365. The van der Waals surface area contributed by atoms with Crippen LogP contribution in [0.15, 0.2) is 78.9 Å². The summed E-state index contributed by atoms with van der Waals surface area (Å²) in [6.45, 7) is 7.01. The van der Waals surface area contributed by atoms with Gasteiger partial charge in [-0.2, -0.15) is 0 Å². The number of esters is 1. The van der Waals surface area contributed by atoms with Crippen molar-refractivity contribution >= 4 is 30.3 Å². The van der Waals surface area contributed by atoms with Crippen molar-refractivity contribution in [2.45, 2.75) is 56.5 Å².